The van der Waals surface area contributed by atoms with Gasteiger partial charge in [0.2, 0.25) is 0 Å². The van der Waals surface area contributed by atoms with Crippen molar-refractivity contribution in [3.05, 3.63) is 63.4 Å². The molecule has 1 aromatic rings. The number of carbonyl (C=O) groups excluding carboxylic acids is 2. The molecule has 1 saturated heterocycles. The minimum atomic E-state index is -0.403. The summed E-state index contributed by atoms with van der Waals surface area (Å²) in [6.45, 7) is 4.48. The fourth-order valence-corrected chi connectivity index (χ4v) is 4.69. The number of rotatable bonds is 8. The molecule has 0 radical (unpaired) electrons. The van der Waals surface area contributed by atoms with E-state index in [9.17, 15) is 9.59 Å². The predicted octanol–water partition coefficient (Wildman–Crippen LogP) is 5.17. The van der Waals surface area contributed by atoms with E-state index in [-0.39, 0.29) is 5.78 Å². The smallest absolute Gasteiger partial charge is 0.330 e. The molecule has 0 spiro atoms. The zero-order valence-corrected chi connectivity index (χ0v) is 16.8. The Morgan fingerprint density at radius 1 is 1.08 bits per heavy atom. The second-order valence-electron chi connectivity index (χ2n) is 5.86. The minimum absolute atomic E-state index is 0.0971. The summed E-state index contributed by atoms with van der Waals surface area (Å²) >= 11 is 3.32. The molecule has 0 unspecified atom stereocenters. The molecule has 0 saturated carbocycles. The van der Waals surface area contributed by atoms with E-state index < -0.39 is 5.97 Å². The van der Waals surface area contributed by atoms with Crippen molar-refractivity contribution < 1.29 is 14.3 Å². The van der Waals surface area contributed by atoms with Crippen LogP contribution in [-0.2, 0) is 14.3 Å². The Balaban J connectivity index is 2.09. The van der Waals surface area contributed by atoms with Gasteiger partial charge in [-0.05, 0) is 31.1 Å². The lowest BCUT2D eigenvalue weighted by Gasteiger charge is -2.03. The Labute approximate surface area is 164 Å². The molecule has 1 aromatic carbocycles. The van der Waals surface area contributed by atoms with Gasteiger partial charge in [-0.25, -0.2) is 4.79 Å². The van der Waals surface area contributed by atoms with Crippen LogP contribution in [0.15, 0.2) is 52.3 Å². The van der Waals surface area contributed by atoms with Gasteiger partial charge in [0.05, 0.1) is 10.8 Å². The van der Waals surface area contributed by atoms with Crippen molar-refractivity contribution >= 4 is 41.4 Å². The van der Waals surface area contributed by atoms with Crippen molar-refractivity contribution in [3.63, 3.8) is 0 Å². The van der Waals surface area contributed by atoms with E-state index in [2.05, 4.69) is 0 Å². The standard InChI is InChI=1S/C21H24O3S2/c1-3-4-13-24-20(23)12-10-18(21-25-14-15-26-21)19(22)11-9-17-7-5-16(2)6-8-17/h5-12H,3-4,13-15H2,1-2H3/b11-9+,12-10+. The highest BCUT2D eigenvalue weighted by Gasteiger charge is 2.17. The molecule has 5 heteroatoms. The van der Waals surface area contributed by atoms with E-state index in [1.165, 1.54) is 11.6 Å². The van der Waals surface area contributed by atoms with E-state index in [1.807, 2.05) is 38.1 Å². The monoisotopic (exact) mass is 388 g/mol. The van der Waals surface area contributed by atoms with Crippen molar-refractivity contribution in [1.82, 2.24) is 0 Å². The molecule has 138 valence electrons. The molecule has 0 atom stereocenters. The van der Waals surface area contributed by atoms with E-state index in [0.29, 0.717) is 12.2 Å². The number of benzene rings is 1. The van der Waals surface area contributed by atoms with Crippen LogP contribution in [0.4, 0.5) is 0 Å². The molecular formula is C21H24O3S2. The first-order valence-electron chi connectivity index (χ1n) is 8.74. The van der Waals surface area contributed by atoms with Crippen LogP contribution < -0.4 is 0 Å². The number of carbonyl (C=O) groups is 2. The van der Waals surface area contributed by atoms with Crippen molar-refractivity contribution in [2.45, 2.75) is 26.7 Å². The lowest BCUT2D eigenvalue weighted by atomic mass is 10.1. The molecule has 1 heterocycles. The van der Waals surface area contributed by atoms with Crippen LogP contribution in [0.3, 0.4) is 0 Å². The predicted molar refractivity (Wildman–Crippen MR) is 112 cm³/mol. The molecule has 1 aliphatic heterocycles. The molecule has 3 nitrogen and oxygen atoms in total. The van der Waals surface area contributed by atoms with E-state index in [0.717, 1.165) is 34.1 Å². The number of esters is 1. The van der Waals surface area contributed by atoms with Crippen LogP contribution in [0.1, 0.15) is 30.9 Å². The van der Waals surface area contributed by atoms with Gasteiger partial charge in [0.25, 0.3) is 0 Å². The topological polar surface area (TPSA) is 43.4 Å². The first-order valence-corrected chi connectivity index (χ1v) is 10.7. The van der Waals surface area contributed by atoms with Crippen LogP contribution >= 0.6 is 23.5 Å². The average molecular weight is 389 g/mol. The van der Waals surface area contributed by atoms with Gasteiger partial charge in [0, 0.05) is 23.2 Å². The highest BCUT2D eigenvalue weighted by atomic mass is 32.2. The molecule has 2 rings (SSSR count). The summed E-state index contributed by atoms with van der Waals surface area (Å²) in [4.78, 5) is 24.5. The van der Waals surface area contributed by atoms with Gasteiger partial charge < -0.3 is 4.74 Å². The maximum atomic E-state index is 12.7. The summed E-state index contributed by atoms with van der Waals surface area (Å²) in [5.41, 5.74) is 2.72. The second kappa shape index (κ2) is 11.1. The van der Waals surface area contributed by atoms with Gasteiger partial charge in [-0.15, -0.1) is 23.5 Å². The zero-order valence-electron chi connectivity index (χ0n) is 15.2. The maximum Gasteiger partial charge on any atom is 0.330 e. The Morgan fingerprint density at radius 2 is 1.77 bits per heavy atom. The number of ether oxygens (including phenoxy) is 1. The summed E-state index contributed by atoms with van der Waals surface area (Å²) in [5, 5.41) is 0. The number of allylic oxidation sites excluding steroid dienone is 3. The third-order valence-electron chi connectivity index (χ3n) is 3.67. The quantitative estimate of drug-likeness (QED) is 0.349. The Hall–Kier alpha value is -1.72. The Morgan fingerprint density at radius 3 is 2.42 bits per heavy atom. The third kappa shape index (κ3) is 6.89. The molecule has 26 heavy (non-hydrogen) atoms. The Bertz CT molecular complexity index is 707. The number of ketones is 1. The molecule has 0 aliphatic carbocycles. The van der Waals surface area contributed by atoms with Crippen molar-refractivity contribution in [1.29, 1.82) is 0 Å². The lowest BCUT2D eigenvalue weighted by Crippen LogP contribution is -2.03. The van der Waals surface area contributed by atoms with Crippen LogP contribution in [0.5, 0.6) is 0 Å². The molecule has 0 aromatic heterocycles. The van der Waals surface area contributed by atoms with Crippen LogP contribution in [0.25, 0.3) is 6.08 Å². The first kappa shape index (κ1) is 20.6. The lowest BCUT2D eigenvalue weighted by molar-refractivity contribution is -0.137. The van der Waals surface area contributed by atoms with Crippen molar-refractivity contribution in [2.24, 2.45) is 0 Å². The van der Waals surface area contributed by atoms with Gasteiger partial charge in [0.15, 0.2) is 5.78 Å². The van der Waals surface area contributed by atoms with Gasteiger partial charge >= 0.3 is 5.97 Å². The number of hydrogen-bond acceptors (Lipinski definition) is 5. The normalized spacial score (nSPS) is 14.3. The fourth-order valence-electron chi connectivity index (χ4n) is 2.17. The minimum Gasteiger partial charge on any atom is -0.463 e. The average Bonchev–Trinajstić information content (AvgIpc) is 3.16. The molecule has 0 bridgehead atoms. The molecule has 0 N–H and O–H groups in total. The number of unbranched alkanes of at least 4 members (excludes halogenated alkanes) is 1. The summed E-state index contributed by atoms with van der Waals surface area (Å²) in [5.74, 6) is 1.46. The maximum absolute atomic E-state index is 12.7. The third-order valence-corrected chi connectivity index (χ3v) is 6.41. The summed E-state index contributed by atoms with van der Waals surface area (Å²) in [7, 11) is 0. The van der Waals surface area contributed by atoms with Gasteiger partial charge in [-0.2, -0.15) is 0 Å². The summed E-state index contributed by atoms with van der Waals surface area (Å²) in [6, 6.07) is 7.98. The molecule has 1 aliphatic rings. The van der Waals surface area contributed by atoms with Gasteiger partial charge in [-0.3, -0.25) is 4.79 Å². The molecule has 1 fully saturated rings. The highest BCUT2D eigenvalue weighted by Crippen LogP contribution is 2.39. The Kier molecular flexibility index (Phi) is 8.78. The molecular weight excluding hydrogens is 364 g/mol. The van der Waals surface area contributed by atoms with Crippen molar-refractivity contribution in [3.8, 4) is 0 Å². The van der Waals surface area contributed by atoms with Gasteiger partial charge in [-0.1, -0.05) is 49.2 Å². The largest absolute Gasteiger partial charge is 0.463 e. The fraction of sp³-hybridized carbons (Fsp3) is 0.333. The van der Waals surface area contributed by atoms with Crippen LogP contribution in [-0.4, -0.2) is 29.9 Å². The van der Waals surface area contributed by atoms with Crippen LogP contribution in [0.2, 0.25) is 0 Å². The number of thioether (sulfide) groups is 2. The highest BCUT2D eigenvalue weighted by molar-refractivity contribution is 8.25. The first-order chi connectivity index (χ1) is 12.6. The van der Waals surface area contributed by atoms with E-state index in [1.54, 1.807) is 41.8 Å². The SMILES string of the molecule is CCCCOC(=O)/C=C/C(C(=O)/C=C/c1ccc(C)cc1)=C1SCCS1. The summed E-state index contributed by atoms with van der Waals surface area (Å²) < 4.78 is 6.10. The van der Waals surface area contributed by atoms with E-state index in [4.69, 9.17) is 4.74 Å². The van der Waals surface area contributed by atoms with Crippen LogP contribution in [0, 0.1) is 6.92 Å². The summed E-state index contributed by atoms with van der Waals surface area (Å²) in [6.07, 6.45) is 8.14. The molecule has 0 amide bonds. The number of aryl methyl sites for hydroxylation is 1. The zero-order chi connectivity index (χ0) is 18.8. The van der Waals surface area contributed by atoms with Gasteiger partial charge in [0.1, 0.15) is 0 Å². The van der Waals surface area contributed by atoms with E-state index >= 15 is 0 Å². The number of hydrogen-bond donors (Lipinski definition) is 0. The second-order valence-corrected chi connectivity index (χ2v) is 8.33. The van der Waals surface area contributed by atoms with Crippen molar-refractivity contribution in [2.75, 3.05) is 18.1 Å².